The molecule has 0 aliphatic heterocycles. The van der Waals surface area contributed by atoms with Crippen molar-refractivity contribution in [2.45, 2.75) is 27.7 Å². The molecule has 2 aromatic carbocycles. The van der Waals surface area contributed by atoms with E-state index in [1.807, 2.05) is 101 Å². The van der Waals surface area contributed by atoms with Gasteiger partial charge in [-0.05, 0) is 52.0 Å². The maximum absolute atomic E-state index is 9.84. The first-order valence-corrected chi connectivity index (χ1v) is 12.3. The molecule has 4 nitrogen and oxygen atoms in total. The van der Waals surface area contributed by atoms with Crippen molar-refractivity contribution in [1.82, 2.24) is 0 Å². The monoisotopic (exact) mass is 508 g/mol. The van der Waals surface area contributed by atoms with E-state index < -0.39 is 0 Å². The van der Waals surface area contributed by atoms with E-state index in [9.17, 15) is 20.4 Å². The normalized spacial score (nSPS) is 14.3. The predicted molar refractivity (Wildman–Crippen MR) is 160 cm³/mol. The largest absolute Gasteiger partial charge is 0.508 e. The average Bonchev–Trinajstić information content (AvgIpc) is 2.85. The van der Waals surface area contributed by atoms with Gasteiger partial charge in [-0.25, -0.2) is 0 Å². The minimum Gasteiger partial charge on any atom is -0.508 e. The predicted octanol–water partition coefficient (Wildman–Crippen LogP) is 8.69. The first kappa shape index (κ1) is 29.5. The van der Waals surface area contributed by atoms with Gasteiger partial charge in [0, 0.05) is 23.3 Å². The lowest BCUT2D eigenvalue weighted by Gasteiger charge is -1.99. The van der Waals surface area contributed by atoms with Gasteiger partial charge in [0.05, 0.1) is 0 Å². The van der Waals surface area contributed by atoms with Crippen molar-refractivity contribution in [1.29, 1.82) is 0 Å². The lowest BCUT2D eigenvalue weighted by atomic mass is 10.1. The van der Waals surface area contributed by atoms with Crippen LogP contribution in [0.3, 0.4) is 0 Å². The van der Waals surface area contributed by atoms with Crippen LogP contribution < -0.4 is 0 Å². The summed E-state index contributed by atoms with van der Waals surface area (Å²) >= 11 is 0. The number of hydrogen-bond acceptors (Lipinski definition) is 4. The lowest BCUT2D eigenvalue weighted by molar-refractivity contribution is 0.448. The number of allylic oxidation sites excluding steroid dienone is 16. The van der Waals surface area contributed by atoms with E-state index in [0.29, 0.717) is 11.1 Å². The number of phenolic OH excluding ortho intramolecular Hbond substituents is 4. The van der Waals surface area contributed by atoms with Gasteiger partial charge in [-0.15, -0.1) is 0 Å². The SMILES string of the molecule is CC(/C=C/C=C(C)/C=C/c1ccc(O)cc1O)=C\C=C\C=C(C)\C=C\C=C(C)\C=C\c1ccc(O)cc1O. The average molecular weight is 509 g/mol. The Bertz CT molecular complexity index is 1270. The Morgan fingerprint density at radius 1 is 0.474 bits per heavy atom. The highest BCUT2D eigenvalue weighted by molar-refractivity contribution is 5.61. The van der Waals surface area contributed by atoms with E-state index in [0.717, 1.165) is 22.3 Å². The van der Waals surface area contributed by atoms with E-state index in [1.54, 1.807) is 36.4 Å². The fraction of sp³-hybridized carbons (Fsp3) is 0.118. The van der Waals surface area contributed by atoms with Gasteiger partial charge >= 0.3 is 0 Å². The van der Waals surface area contributed by atoms with Crippen molar-refractivity contribution in [3.8, 4) is 23.0 Å². The van der Waals surface area contributed by atoms with Crippen LogP contribution in [0.4, 0.5) is 0 Å². The van der Waals surface area contributed by atoms with Crippen LogP contribution in [-0.2, 0) is 0 Å². The first-order valence-electron chi connectivity index (χ1n) is 12.3. The quantitative estimate of drug-likeness (QED) is 0.242. The minimum atomic E-state index is 0.0376. The molecule has 0 radical (unpaired) electrons. The Kier molecular flexibility index (Phi) is 12.0. The summed E-state index contributed by atoms with van der Waals surface area (Å²) in [5.41, 5.74) is 5.57. The lowest BCUT2D eigenvalue weighted by Crippen LogP contribution is -1.75. The topological polar surface area (TPSA) is 80.9 Å². The number of hydrogen-bond donors (Lipinski definition) is 4. The Hall–Kier alpha value is -4.70. The van der Waals surface area contributed by atoms with Crippen LogP contribution in [-0.4, -0.2) is 20.4 Å². The standard InChI is InChI=1S/C34H36O4/c1-25(11-7-13-27(3)15-17-29-19-21-31(35)23-33(29)37)9-5-6-10-26(2)12-8-14-28(4)16-18-30-20-22-32(36)24-34(30)38/h5-24,35-38H,1-4H3/b6-5+,11-7+,12-8+,17-15+,18-16+,25-9+,26-10+,27-13+,28-14+. The second kappa shape index (κ2) is 15.4. The second-order valence-corrected chi connectivity index (χ2v) is 8.90. The van der Waals surface area contributed by atoms with Crippen molar-refractivity contribution in [2.75, 3.05) is 0 Å². The van der Waals surface area contributed by atoms with Crippen molar-refractivity contribution in [3.05, 3.63) is 143 Å². The molecule has 2 rings (SSSR count). The van der Waals surface area contributed by atoms with Crippen LogP contribution in [0, 0.1) is 0 Å². The summed E-state index contributed by atoms with van der Waals surface area (Å²) in [5, 5.41) is 38.4. The number of phenols is 4. The molecule has 0 amide bonds. The smallest absolute Gasteiger partial charge is 0.126 e. The molecule has 0 atom stereocenters. The number of rotatable bonds is 10. The van der Waals surface area contributed by atoms with Gasteiger partial charge in [-0.1, -0.05) is 107 Å². The van der Waals surface area contributed by atoms with Crippen LogP contribution in [0.2, 0.25) is 0 Å². The molecule has 0 saturated carbocycles. The zero-order valence-electron chi connectivity index (χ0n) is 22.3. The molecule has 0 aromatic heterocycles. The molecule has 0 bridgehead atoms. The maximum atomic E-state index is 9.84. The van der Waals surface area contributed by atoms with Crippen LogP contribution in [0.1, 0.15) is 38.8 Å². The highest BCUT2D eigenvalue weighted by Gasteiger charge is 1.98. The Labute approximate surface area is 225 Å². The van der Waals surface area contributed by atoms with Gasteiger partial charge in [0.15, 0.2) is 0 Å². The molecule has 0 aliphatic rings. The fourth-order valence-corrected chi connectivity index (χ4v) is 3.13. The van der Waals surface area contributed by atoms with Gasteiger partial charge < -0.3 is 20.4 Å². The molecule has 38 heavy (non-hydrogen) atoms. The molecule has 0 saturated heterocycles. The molecule has 0 heterocycles. The highest BCUT2D eigenvalue weighted by atomic mass is 16.3. The van der Waals surface area contributed by atoms with Gasteiger partial charge in [0.2, 0.25) is 0 Å². The van der Waals surface area contributed by atoms with Crippen molar-refractivity contribution in [3.63, 3.8) is 0 Å². The van der Waals surface area contributed by atoms with E-state index in [1.165, 1.54) is 12.1 Å². The van der Waals surface area contributed by atoms with E-state index in [-0.39, 0.29) is 23.0 Å². The molecular weight excluding hydrogens is 472 g/mol. The summed E-state index contributed by atoms with van der Waals surface area (Å²) in [6, 6.07) is 9.05. The van der Waals surface area contributed by atoms with Crippen molar-refractivity contribution < 1.29 is 20.4 Å². The molecule has 2 aromatic rings. The summed E-state index contributed by atoms with van der Waals surface area (Å²) in [6.07, 6.45) is 27.5. The minimum absolute atomic E-state index is 0.0376. The third-order valence-electron chi connectivity index (χ3n) is 5.35. The molecule has 0 spiro atoms. The summed E-state index contributed by atoms with van der Waals surface area (Å²) in [5.74, 6) is 0.163. The summed E-state index contributed by atoms with van der Waals surface area (Å²) in [6.45, 7) is 8.02. The zero-order valence-corrected chi connectivity index (χ0v) is 22.3. The Balaban J connectivity index is 1.86. The van der Waals surface area contributed by atoms with Gasteiger partial charge in [0.25, 0.3) is 0 Å². The fourth-order valence-electron chi connectivity index (χ4n) is 3.13. The second-order valence-electron chi connectivity index (χ2n) is 8.90. The van der Waals surface area contributed by atoms with Crippen LogP contribution in [0.15, 0.2) is 132 Å². The maximum Gasteiger partial charge on any atom is 0.126 e. The molecule has 4 heteroatoms. The molecule has 0 aliphatic carbocycles. The van der Waals surface area contributed by atoms with Gasteiger partial charge in [0.1, 0.15) is 23.0 Å². The highest BCUT2D eigenvalue weighted by Crippen LogP contribution is 2.25. The summed E-state index contributed by atoms with van der Waals surface area (Å²) < 4.78 is 0. The first-order chi connectivity index (χ1) is 18.1. The van der Waals surface area contributed by atoms with E-state index >= 15 is 0 Å². The van der Waals surface area contributed by atoms with Crippen LogP contribution in [0.5, 0.6) is 23.0 Å². The summed E-state index contributed by atoms with van der Waals surface area (Å²) in [4.78, 5) is 0. The van der Waals surface area contributed by atoms with Gasteiger partial charge in [-0.3, -0.25) is 0 Å². The third kappa shape index (κ3) is 11.4. The number of aromatic hydroxyl groups is 4. The Morgan fingerprint density at radius 2 is 0.816 bits per heavy atom. The molecule has 0 unspecified atom stereocenters. The van der Waals surface area contributed by atoms with Crippen LogP contribution >= 0.6 is 0 Å². The third-order valence-corrected chi connectivity index (χ3v) is 5.35. The molecule has 196 valence electrons. The molecular formula is C34H36O4. The number of benzene rings is 2. The molecule has 0 fully saturated rings. The van der Waals surface area contributed by atoms with E-state index in [2.05, 4.69) is 0 Å². The van der Waals surface area contributed by atoms with Crippen molar-refractivity contribution >= 4 is 12.2 Å². The van der Waals surface area contributed by atoms with Crippen LogP contribution in [0.25, 0.3) is 12.2 Å². The Morgan fingerprint density at radius 3 is 1.18 bits per heavy atom. The molecule has 4 N–H and O–H groups in total. The van der Waals surface area contributed by atoms with E-state index in [4.69, 9.17) is 0 Å². The van der Waals surface area contributed by atoms with Gasteiger partial charge in [-0.2, -0.15) is 0 Å². The summed E-state index contributed by atoms with van der Waals surface area (Å²) in [7, 11) is 0. The zero-order chi connectivity index (χ0) is 27.9. The van der Waals surface area contributed by atoms with Crippen molar-refractivity contribution in [2.24, 2.45) is 0 Å².